The first-order valence-electron chi connectivity index (χ1n) is 6.66. The average Bonchev–Trinajstić information content (AvgIpc) is 2.84. The van der Waals surface area contributed by atoms with Crippen molar-refractivity contribution in [3.8, 4) is 0 Å². The Morgan fingerprint density at radius 1 is 1.29 bits per heavy atom. The Kier molecular flexibility index (Phi) is 4.98. The third kappa shape index (κ3) is 3.53. The van der Waals surface area contributed by atoms with Crippen LogP contribution in [0.2, 0.25) is 0 Å². The zero-order valence-corrected chi connectivity index (χ0v) is 10.6. The minimum absolute atomic E-state index is 0.435. The van der Waals surface area contributed by atoms with E-state index in [1.165, 1.54) is 18.4 Å². The molecule has 0 aromatic heterocycles. The maximum atomic E-state index is 3.55. The minimum atomic E-state index is 0.435. The number of nitrogens with one attached hydrogen (secondary N) is 3. The third-order valence-corrected chi connectivity index (χ3v) is 3.37. The van der Waals surface area contributed by atoms with Crippen molar-refractivity contribution >= 4 is 0 Å². The molecule has 2 rings (SSSR count). The number of hydrogen-bond acceptors (Lipinski definition) is 3. The fourth-order valence-corrected chi connectivity index (χ4v) is 2.33. The van der Waals surface area contributed by atoms with E-state index in [0.717, 1.165) is 19.6 Å². The molecule has 1 aromatic carbocycles. The number of hydrogen-bond donors (Lipinski definition) is 3. The van der Waals surface area contributed by atoms with E-state index in [-0.39, 0.29) is 0 Å². The van der Waals surface area contributed by atoms with E-state index < -0.39 is 0 Å². The molecule has 1 heterocycles. The summed E-state index contributed by atoms with van der Waals surface area (Å²) in [6, 6.07) is 11.1. The van der Waals surface area contributed by atoms with Gasteiger partial charge in [-0.05, 0) is 18.5 Å². The number of hydrazine groups is 1. The molecule has 1 aliphatic rings. The van der Waals surface area contributed by atoms with Crippen LogP contribution < -0.4 is 16.2 Å². The Balaban J connectivity index is 1.85. The summed E-state index contributed by atoms with van der Waals surface area (Å²) >= 11 is 0. The van der Waals surface area contributed by atoms with Gasteiger partial charge in [0.25, 0.3) is 0 Å². The lowest BCUT2D eigenvalue weighted by atomic mass is 9.95. The molecule has 17 heavy (non-hydrogen) atoms. The molecule has 1 aromatic rings. The van der Waals surface area contributed by atoms with Gasteiger partial charge in [0.15, 0.2) is 0 Å². The highest BCUT2D eigenvalue weighted by atomic mass is 15.4. The standard InChI is InChI=1S/C14H23N3/c1-2-3-9-15-10-13-11-16-17-14(13)12-7-5-4-6-8-12/h4-8,13-17H,2-3,9-11H2,1H3. The van der Waals surface area contributed by atoms with E-state index in [1.807, 2.05) is 0 Å². The first kappa shape index (κ1) is 12.6. The van der Waals surface area contributed by atoms with Gasteiger partial charge in [-0.15, -0.1) is 0 Å². The molecule has 1 aliphatic heterocycles. The monoisotopic (exact) mass is 233 g/mol. The van der Waals surface area contributed by atoms with Crippen LogP contribution in [0.3, 0.4) is 0 Å². The van der Waals surface area contributed by atoms with Crippen molar-refractivity contribution in [2.24, 2.45) is 5.92 Å². The maximum Gasteiger partial charge on any atom is 0.0515 e. The number of benzene rings is 1. The number of rotatable bonds is 6. The lowest BCUT2D eigenvalue weighted by molar-refractivity contribution is 0.440. The van der Waals surface area contributed by atoms with Gasteiger partial charge in [-0.2, -0.15) is 0 Å². The zero-order valence-electron chi connectivity index (χ0n) is 10.6. The molecule has 0 aliphatic carbocycles. The van der Waals surface area contributed by atoms with Crippen molar-refractivity contribution in [3.05, 3.63) is 35.9 Å². The fourth-order valence-electron chi connectivity index (χ4n) is 2.33. The van der Waals surface area contributed by atoms with Crippen molar-refractivity contribution in [2.45, 2.75) is 25.8 Å². The quantitative estimate of drug-likeness (QED) is 0.656. The summed E-state index contributed by atoms with van der Waals surface area (Å²) in [4.78, 5) is 0. The van der Waals surface area contributed by atoms with E-state index in [9.17, 15) is 0 Å². The second-order valence-electron chi connectivity index (χ2n) is 4.73. The van der Waals surface area contributed by atoms with Crippen molar-refractivity contribution < 1.29 is 0 Å². The molecule has 0 amide bonds. The van der Waals surface area contributed by atoms with Gasteiger partial charge in [0.1, 0.15) is 0 Å². The molecule has 2 unspecified atom stereocenters. The van der Waals surface area contributed by atoms with E-state index in [2.05, 4.69) is 53.4 Å². The SMILES string of the molecule is CCCCNCC1CNNC1c1ccccc1. The molecule has 2 atom stereocenters. The van der Waals surface area contributed by atoms with Crippen molar-refractivity contribution in [1.82, 2.24) is 16.2 Å². The lowest BCUT2D eigenvalue weighted by Gasteiger charge is -2.19. The largest absolute Gasteiger partial charge is 0.316 e. The Labute approximate surface area is 104 Å². The Bertz CT molecular complexity index is 313. The summed E-state index contributed by atoms with van der Waals surface area (Å²) in [7, 11) is 0. The predicted octanol–water partition coefficient (Wildman–Crippen LogP) is 1.84. The Morgan fingerprint density at radius 2 is 2.12 bits per heavy atom. The second kappa shape index (κ2) is 6.74. The first-order valence-corrected chi connectivity index (χ1v) is 6.66. The highest BCUT2D eigenvalue weighted by Crippen LogP contribution is 2.23. The van der Waals surface area contributed by atoms with Gasteiger partial charge in [-0.1, -0.05) is 43.7 Å². The smallest absolute Gasteiger partial charge is 0.0515 e. The second-order valence-corrected chi connectivity index (χ2v) is 4.73. The molecule has 0 bridgehead atoms. The zero-order chi connectivity index (χ0) is 11.9. The normalized spacial score (nSPS) is 24.1. The van der Waals surface area contributed by atoms with Crippen LogP contribution in [0.5, 0.6) is 0 Å². The molecule has 3 nitrogen and oxygen atoms in total. The molecular weight excluding hydrogens is 210 g/mol. The van der Waals surface area contributed by atoms with Gasteiger partial charge < -0.3 is 5.32 Å². The summed E-state index contributed by atoms with van der Waals surface area (Å²) in [6.07, 6.45) is 2.53. The van der Waals surface area contributed by atoms with Crippen LogP contribution >= 0.6 is 0 Å². The first-order chi connectivity index (χ1) is 8.42. The Hall–Kier alpha value is -0.900. The van der Waals surface area contributed by atoms with Gasteiger partial charge in [-0.3, -0.25) is 5.43 Å². The molecule has 3 heteroatoms. The maximum absolute atomic E-state index is 3.55. The van der Waals surface area contributed by atoms with Gasteiger partial charge in [0.2, 0.25) is 0 Å². The van der Waals surface area contributed by atoms with Gasteiger partial charge in [0.05, 0.1) is 6.04 Å². The summed E-state index contributed by atoms with van der Waals surface area (Å²) in [5, 5.41) is 3.55. The van der Waals surface area contributed by atoms with Gasteiger partial charge in [-0.25, -0.2) is 5.43 Å². The van der Waals surface area contributed by atoms with Crippen molar-refractivity contribution in [2.75, 3.05) is 19.6 Å². The molecule has 1 saturated heterocycles. The van der Waals surface area contributed by atoms with Crippen LogP contribution in [0, 0.1) is 5.92 Å². The lowest BCUT2D eigenvalue weighted by Crippen LogP contribution is -2.29. The molecule has 0 spiro atoms. The van der Waals surface area contributed by atoms with E-state index in [1.54, 1.807) is 0 Å². The van der Waals surface area contributed by atoms with Crippen molar-refractivity contribution in [3.63, 3.8) is 0 Å². The molecule has 0 radical (unpaired) electrons. The van der Waals surface area contributed by atoms with Gasteiger partial charge in [0, 0.05) is 19.0 Å². The number of unbranched alkanes of at least 4 members (excludes halogenated alkanes) is 1. The van der Waals surface area contributed by atoms with Crippen LogP contribution in [0.15, 0.2) is 30.3 Å². The molecule has 94 valence electrons. The van der Waals surface area contributed by atoms with Crippen LogP contribution in [0.4, 0.5) is 0 Å². The molecular formula is C14H23N3. The predicted molar refractivity (Wildman–Crippen MR) is 71.6 cm³/mol. The molecule has 0 saturated carbocycles. The van der Waals surface area contributed by atoms with E-state index in [4.69, 9.17) is 0 Å². The van der Waals surface area contributed by atoms with Crippen LogP contribution in [-0.4, -0.2) is 19.6 Å². The Morgan fingerprint density at radius 3 is 2.88 bits per heavy atom. The molecule has 3 N–H and O–H groups in total. The molecule has 1 fully saturated rings. The van der Waals surface area contributed by atoms with Crippen LogP contribution in [-0.2, 0) is 0 Å². The van der Waals surface area contributed by atoms with Crippen molar-refractivity contribution in [1.29, 1.82) is 0 Å². The summed E-state index contributed by atoms with van der Waals surface area (Å²) < 4.78 is 0. The topological polar surface area (TPSA) is 36.1 Å². The highest BCUT2D eigenvalue weighted by Gasteiger charge is 2.27. The van der Waals surface area contributed by atoms with Crippen LogP contribution in [0.1, 0.15) is 31.4 Å². The van der Waals surface area contributed by atoms with Crippen LogP contribution in [0.25, 0.3) is 0 Å². The summed E-state index contributed by atoms with van der Waals surface area (Å²) in [5.74, 6) is 0.634. The van der Waals surface area contributed by atoms with Gasteiger partial charge >= 0.3 is 0 Å². The third-order valence-electron chi connectivity index (χ3n) is 3.37. The van der Waals surface area contributed by atoms with E-state index in [0.29, 0.717) is 12.0 Å². The highest BCUT2D eigenvalue weighted by molar-refractivity contribution is 5.20. The summed E-state index contributed by atoms with van der Waals surface area (Å²) in [5.41, 5.74) is 8.02. The fraction of sp³-hybridized carbons (Fsp3) is 0.571. The average molecular weight is 233 g/mol. The van der Waals surface area contributed by atoms with E-state index >= 15 is 0 Å². The summed E-state index contributed by atoms with van der Waals surface area (Å²) in [6.45, 7) is 5.49. The minimum Gasteiger partial charge on any atom is -0.316 e.